The van der Waals surface area contributed by atoms with Crippen LogP contribution in [0.15, 0.2) is 6.07 Å². The molecule has 3 aromatic rings. The van der Waals surface area contributed by atoms with Gasteiger partial charge in [-0.2, -0.15) is 18.2 Å². The number of hydrogen-bond donors (Lipinski definition) is 0. The zero-order chi connectivity index (χ0) is 24.6. The van der Waals surface area contributed by atoms with Crippen LogP contribution >= 0.6 is 11.3 Å². The fourth-order valence-electron chi connectivity index (χ4n) is 5.01. The second-order valence-electron chi connectivity index (χ2n) is 9.28. The predicted octanol–water partition coefficient (Wildman–Crippen LogP) is 4.53. The third-order valence-electron chi connectivity index (χ3n) is 6.74. The quantitative estimate of drug-likeness (QED) is 0.413. The number of ether oxygens (including phenoxy) is 1. The molecule has 5 rings (SSSR count). The van der Waals surface area contributed by atoms with Gasteiger partial charge in [0.25, 0.3) is 0 Å². The Morgan fingerprint density at radius 1 is 1.14 bits per heavy atom. The van der Waals surface area contributed by atoms with Crippen LogP contribution in [0.25, 0.3) is 10.2 Å². The Balaban J connectivity index is 1.45. The number of halogens is 3. The van der Waals surface area contributed by atoms with E-state index in [1.54, 1.807) is 18.4 Å². The van der Waals surface area contributed by atoms with Crippen LogP contribution in [-0.2, 0) is 30.4 Å². The second kappa shape index (κ2) is 9.88. The highest BCUT2D eigenvalue weighted by Gasteiger charge is 2.40. The summed E-state index contributed by atoms with van der Waals surface area (Å²) in [6.45, 7) is 5.52. The SMILES string of the molecule is CCCc1cc2c(N3CCn4c(nnc4C(F)(F)F)C3)nc(N3CCC(CCCOC)C3)nc2s1. The van der Waals surface area contributed by atoms with Crippen molar-refractivity contribution in [3.8, 4) is 0 Å². The molecular formula is C23H30F3N7OS. The number of methoxy groups -OCH3 is 1. The van der Waals surface area contributed by atoms with Crippen LogP contribution in [0.1, 0.15) is 49.1 Å². The van der Waals surface area contributed by atoms with E-state index >= 15 is 0 Å². The summed E-state index contributed by atoms with van der Waals surface area (Å²) in [5.41, 5.74) is 0. The summed E-state index contributed by atoms with van der Waals surface area (Å²) in [6.07, 6.45) is 0.733. The molecule has 0 saturated carbocycles. The minimum absolute atomic E-state index is 0.162. The van der Waals surface area contributed by atoms with Gasteiger partial charge in [-0.1, -0.05) is 13.3 Å². The van der Waals surface area contributed by atoms with Crippen molar-refractivity contribution in [2.24, 2.45) is 5.92 Å². The van der Waals surface area contributed by atoms with E-state index in [1.807, 2.05) is 4.90 Å². The molecule has 0 bridgehead atoms. The summed E-state index contributed by atoms with van der Waals surface area (Å²) in [4.78, 5) is 16.3. The molecule has 190 valence electrons. The van der Waals surface area contributed by atoms with Crippen molar-refractivity contribution in [1.82, 2.24) is 24.7 Å². The normalized spacial score (nSPS) is 18.6. The first-order valence-corrected chi connectivity index (χ1v) is 13.0. The van der Waals surface area contributed by atoms with Crippen LogP contribution in [0.3, 0.4) is 0 Å². The molecule has 35 heavy (non-hydrogen) atoms. The van der Waals surface area contributed by atoms with Gasteiger partial charge in [0, 0.05) is 44.8 Å². The maximum absolute atomic E-state index is 13.3. The second-order valence-corrected chi connectivity index (χ2v) is 10.4. The van der Waals surface area contributed by atoms with Gasteiger partial charge in [-0.15, -0.1) is 21.5 Å². The first-order valence-electron chi connectivity index (χ1n) is 12.2. The lowest BCUT2D eigenvalue weighted by Crippen LogP contribution is -2.36. The molecule has 5 heterocycles. The molecule has 0 spiro atoms. The van der Waals surface area contributed by atoms with Crippen LogP contribution in [0, 0.1) is 5.92 Å². The van der Waals surface area contributed by atoms with Crippen LogP contribution in [0.2, 0.25) is 0 Å². The zero-order valence-corrected chi connectivity index (χ0v) is 20.8. The van der Waals surface area contributed by atoms with Gasteiger partial charge in [-0.25, -0.2) is 4.98 Å². The van der Waals surface area contributed by atoms with Crippen molar-refractivity contribution in [1.29, 1.82) is 0 Å². The van der Waals surface area contributed by atoms with Gasteiger partial charge in [-0.3, -0.25) is 0 Å². The van der Waals surface area contributed by atoms with Crippen molar-refractivity contribution >= 4 is 33.3 Å². The van der Waals surface area contributed by atoms with E-state index in [0.29, 0.717) is 24.2 Å². The van der Waals surface area contributed by atoms with Crippen LogP contribution in [0.5, 0.6) is 0 Å². The van der Waals surface area contributed by atoms with E-state index in [2.05, 4.69) is 28.1 Å². The molecule has 1 saturated heterocycles. The number of rotatable bonds is 8. The average Bonchev–Trinajstić information content (AvgIpc) is 3.55. The Hall–Kier alpha value is -2.47. The maximum Gasteiger partial charge on any atom is 0.451 e. The fraction of sp³-hybridized carbons (Fsp3) is 0.652. The lowest BCUT2D eigenvalue weighted by Gasteiger charge is -2.30. The Bertz CT molecular complexity index is 1180. The van der Waals surface area contributed by atoms with Gasteiger partial charge in [0.15, 0.2) is 5.82 Å². The molecule has 0 amide bonds. The monoisotopic (exact) mass is 509 g/mol. The van der Waals surface area contributed by atoms with E-state index < -0.39 is 12.0 Å². The molecule has 0 aromatic carbocycles. The van der Waals surface area contributed by atoms with Crippen LogP contribution in [-0.4, -0.2) is 58.1 Å². The number of hydrogen-bond acceptors (Lipinski definition) is 8. The molecule has 0 N–H and O–H groups in total. The van der Waals surface area contributed by atoms with Crippen molar-refractivity contribution in [2.75, 3.05) is 43.2 Å². The summed E-state index contributed by atoms with van der Waals surface area (Å²) in [7, 11) is 1.73. The summed E-state index contributed by atoms with van der Waals surface area (Å²) < 4.78 is 46.3. The van der Waals surface area contributed by atoms with Gasteiger partial charge in [0.2, 0.25) is 11.8 Å². The highest BCUT2D eigenvalue weighted by molar-refractivity contribution is 7.18. The summed E-state index contributed by atoms with van der Waals surface area (Å²) in [6, 6.07) is 2.14. The number of anilines is 2. The average molecular weight is 510 g/mol. The smallest absolute Gasteiger partial charge is 0.385 e. The van der Waals surface area contributed by atoms with E-state index in [9.17, 15) is 13.2 Å². The third kappa shape index (κ3) is 4.95. The van der Waals surface area contributed by atoms with E-state index in [0.717, 1.165) is 67.8 Å². The molecule has 0 radical (unpaired) electrons. The zero-order valence-electron chi connectivity index (χ0n) is 20.0. The molecule has 2 aliphatic rings. The largest absolute Gasteiger partial charge is 0.451 e. The number of nitrogens with zero attached hydrogens (tertiary/aromatic N) is 7. The highest BCUT2D eigenvalue weighted by atomic mass is 32.1. The van der Waals surface area contributed by atoms with E-state index in [4.69, 9.17) is 14.7 Å². The minimum atomic E-state index is -4.51. The van der Waals surface area contributed by atoms with Crippen molar-refractivity contribution in [3.05, 3.63) is 22.6 Å². The molecule has 1 fully saturated rings. The molecular weight excluding hydrogens is 479 g/mol. The first kappa shape index (κ1) is 24.2. The Kier molecular flexibility index (Phi) is 6.84. The van der Waals surface area contributed by atoms with Crippen LogP contribution in [0.4, 0.5) is 24.9 Å². The molecule has 8 nitrogen and oxygen atoms in total. The third-order valence-corrected chi connectivity index (χ3v) is 7.83. The van der Waals surface area contributed by atoms with Gasteiger partial charge in [0.05, 0.1) is 11.9 Å². The summed E-state index contributed by atoms with van der Waals surface area (Å²) in [5, 5.41) is 8.23. The molecule has 2 aliphatic heterocycles. The molecule has 0 aliphatic carbocycles. The van der Waals surface area contributed by atoms with Gasteiger partial charge < -0.3 is 19.1 Å². The Morgan fingerprint density at radius 3 is 2.77 bits per heavy atom. The van der Waals surface area contributed by atoms with E-state index in [1.165, 1.54) is 9.44 Å². The first-order chi connectivity index (χ1) is 16.9. The van der Waals surface area contributed by atoms with Crippen LogP contribution < -0.4 is 9.80 Å². The molecule has 12 heteroatoms. The van der Waals surface area contributed by atoms with Gasteiger partial charge >= 0.3 is 6.18 Å². The van der Waals surface area contributed by atoms with Crippen molar-refractivity contribution < 1.29 is 17.9 Å². The summed E-state index contributed by atoms with van der Waals surface area (Å²) in [5.74, 6) is 1.43. The Labute approximate surface area is 206 Å². The Morgan fingerprint density at radius 2 is 2.00 bits per heavy atom. The highest BCUT2D eigenvalue weighted by Crippen LogP contribution is 2.37. The number of thiophene rings is 1. The predicted molar refractivity (Wildman–Crippen MR) is 129 cm³/mol. The van der Waals surface area contributed by atoms with Gasteiger partial charge in [0.1, 0.15) is 10.6 Å². The van der Waals surface area contributed by atoms with Crippen molar-refractivity contribution in [2.45, 2.75) is 58.3 Å². The maximum atomic E-state index is 13.3. The molecule has 1 unspecified atom stereocenters. The molecule has 1 atom stereocenters. The number of aryl methyl sites for hydroxylation is 1. The molecule has 3 aromatic heterocycles. The lowest BCUT2D eigenvalue weighted by molar-refractivity contribution is -0.147. The van der Waals surface area contributed by atoms with E-state index in [-0.39, 0.29) is 13.1 Å². The van der Waals surface area contributed by atoms with Gasteiger partial charge in [-0.05, 0) is 37.7 Å². The van der Waals surface area contributed by atoms with Crippen molar-refractivity contribution in [3.63, 3.8) is 0 Å². The standard InChI is InChI=1S/C23H30F3N7OS/c1-3-5-16-12-17-19(31-9-10-33-18(14-31)29-30-21(33)23(24,25)26)27-22(28-20(17)35-16)32-8-7-15(13-32)6-4-11-34-2/h12,15H,3-11,13-14H2,1-2H3. The fourth-order valence-corrected chi connectivity index (χ4v) is 6.13. The lowest BCUT2D eigenvalue weighted by atomic mass is 10.0. The topological polar surface area (TPSA) is 72.2 Å². The number of fused-ring (bicyclic) bond motifs is 2. The summed E-state index contributed by atoms with van der Waals surface area (Å²) >= 11 is 1.68. The number of alkyl halides is 3. The minimum Gasteiger partial charge on any atom is -0.385 e. The number of aromatic nitrogens is 5.